The van der Waals surface area contributed by atoms with Crippen LogP contribution in [0.15, 0.2) is 22.7 Å². The third kappa shape index (κ3) is 1.65. The molecule has 1 aliphatic heterocycles. The minimum atomic E-state index is 0.307. The molecule has 0 aliphatic carbocycles. The van der Waals surface area contributed by atoms with Crippen LogP contribution in [-0.2, 0) is 11.2 Å². The average molecular weight is 241 g/mol. The molecule has 0 saturated heterocycles. The molecule has 1 unspecified atom stereocenters. The number of halogens is 1. The van der Waals surface area contributed by atoms with Gasteiger partial charge in [-0.15, -0.1) is 0 Å². The first-order valence-corrected chi connectivity index (χ1v) is 5.51. The maximum absolute atomic E-state index is 5.69. The van der Waals surface area contributed by atoms with Gasteiger partial charge in [-0.1, -0.05) is 35.0 Å². The fourth-order valence-electron chi connectivity index (χ4n) is 1.87. The lowest BCUT2D eigenvalue weighted by Crippen LogP contribution is -2.15. The summed E-state index contributed by atoms with van der Waals surface area (Å²) in [5.74, 6) is 0. The molecule has 0 aromatic heterocycles. The Hall–Kier alpha value is -0.340. The largest absolute Gasteiger partial charge is 0.373 e. The zero-order valence-corrected chi connectivity index (χ0v) is 9.30. The van der Waals surface area contributed by atoms with Crippen LogP contribution >= 0.6 is 15.9 Å². The maximum atomic E-state index is 5.69. The van der Waals surface area contributed by atoms with E-state index in [9.17, 15) is 0 Å². The second kappa shape index (κ2) is 3.81. The van der Waals surface area contributed by atoms with Gasteiger partial charge < -0.3 is 4.74 Å². The summed E-state index contributed by atoms with van der Waals surface area (Å²) in [6, 6.07) is 6.37. The molecule has 0 saturated carbocycles. The zero-order valence-electron chi connectivity index (χ0n) is 7.72. The molecule has 1 atom stereocenters. The smallest absolute Gasteiger partial charge is 0.0825 e. The Labute approximate surface area is 87.2 Å². The molecule has 1 nitrogen and oxygen atoms in total. The van der Waals surface area contributed by atoms with Gasteiger partial charge in [0, 0.05) is 4.47 Å². The molecule has 0 amide bonds. The normalized spacial score (nSPS) is 21.2. The van der Waals surface area contributed by atoms with E-state index in [1.165, 1.54) is 15.6 Å². The first kappa shape index (κ1) is 9.22. The third-order valence-corrected chi connectivity index (χ3v) is 3.29. The summed E-state index contributed by atoms with van der Waals surface area (Å²) < 4.78 is 6.92. The van der Waals surface area contributed by atoms with Gasteiger partial charge in [0.2, 0.25) is 0 Å². The molecule has 1 aromatic carbocycles. The lowest BCUT2D eigenvalue weighted by Gasteiger charge is -2.25. The molecule has 70 valence electrons. The number of hydrogen-bond donors (Lipinski definition) is 0. The lowest BCUT2D eigenvalue weighted by molar-refractivity contribution is 0.0397. The van der Waals surface area contributed by atoms with Crippen molar-refractivity contribution in [2.45, 2.75) is 25.9 Å². The van der Waals surface area contributed by atoms with Crippen LogP contribution in [-0.4, -0.2) is 6.61 Å². The van der Waals surface area contributed by atoms with Gasteiger partial charge in [-0.25, -0.2) is 0 Å². The van der Waals surface area contributed by atoms with E-state index in [1.54, 1.807) is 0 Å². The average Bonchev–Trinajstić information content (AvgIpc) is 2.18. The summed E-state index contributed by atoms with van der Waals surface area (Å²) in [5, 5.41) is 0. The third-order valence-electron chi connectivity index (χ3n) is 2.54. The highest BCUT2D eigenvalue weighted by Crippen LogP contribution is 2.33. The van der Waals surface area contributed by atoms with Crippen molar-refractivity contribution in [2.24, 2.45) is 0 Å². The molecule has 0 fully saturated rings. The maximum Gasteiger partial charge on any atom is 0.0825 e. The molecule has 1 heterocycles. The molecule has 0 bridgehead atoms. The predicted molar refractivity (Wildman–Crippen MR) is 56.8 cm³/mol. The van der Waals surface area contributed by atoms with Crippen LogP contribution in [0.4, 0.5) is 0 Å². The van der Waals surface area contributed by atoms with E-state index < -0.39 is 0 Å². The highest BCUT2D eigenvalue weighted by molar-refractivity contribution is 9.10. The van der Waals surface area contributed by atoms with Gasteiger partial charge >= 0.3 is 0 Å². The molecule has 2 heteroatoms. The van der Waals surface area contributed by atoms with Gasteiger partial charge in [0.1, 0.15) is 0 Å². The van der Waals surface area contributed by atoms with Crippen molar-refractivity contribution in [3.63, 3.8) is 0 Å². The van der Waals surface area contributed by atoms with E-state index in [0.29, 0.717) is 6.10 Å². The Balaban J connectivity index is 2.45. The molecule has 1 aromatic rings. The fraction of sp³-hybridized carbons (Fsp3) is 0.455. The van der Waals surface area contributed by atoms with Gasteiger partial charge in [0.25, 0.3) is 0 Å². The van der Waals surface area contributed by atoms with Crippen LogP contribution in [0, 0.1) is 0 Å². The summed E-state index contributed by atoms with van der Waals surface area (Å²) in [5.41, 5.74) is 2.80. The van der Waals surface area contributed by atoms with Crippen molar-refractivity contribution in [1.29, 1.82) is 0 Å². The van der Waals surface area contributed by atoms with Crippen molar-refractivity contribution >= 4 is 15.9 Å². The molecule has 2 rings (SSSR count). The highest BCUT2D eigenvalue weighted by atomic mass is 79.9. The van der Waals surface area contributed by atoms with E-state index in [0.717, 1.165) is 19.4 Å². The van der Waals surface area contributed by atoms with Crippen LogP contribution in [0.5, 0.6) is 0 Å². The molecular formula is C11H13BrO. The Morgan fingerprint density at radius 2 is 2.38 bits per heavy atom. The van der Waals surface area contributed by atoms with E-state index in [-0.39, 0.29) is 0 Å². The molecule has 1 aliphatic rings. The number of ether oxygens (including phenoxy) is 1. The minimum absolute atomic E-state index is 0.307. The fourth-order valence-corrected chi connectivity index (χ4v) is 2.45. The minimum Gasteiger partial charge on any atom is -0.373 e. The summed E-state index contributed by atoms with van der Waals surface area (Å²) >= 11 is 3.58. The number of hydrogen-bond acceptors (Lipinski definition) is 1. The number of fused-ring (bicyclic) bond motifs is 1. The van der Waals surface area contributed by atoms with E-state index in [1.807, 2.05) is 0 Å². The molecule has 13 heavy (non-hydrogen) atoms. The van der Waals surface area contributed by atoms with Crippen molar-refractivity contribution < 1.29 is 4.74 Å². The summed E-state index contributed by atoms with van der Waals surface area (Å²) in [7, 11) is 0. The van der Waals surface area contributed by atoms with Crippen molar-refractivity contribution in [3.05, 3.63) is 33.8 Å². The highest BCUT2D eigenvalue weighted by Gasteiger charge is 2.20. The Bertz CT molecular complexity index is 309. The van der Waals surface area contributed by atoms with E-state index in [2.05, 4.69) is 41.1 Å². The van der Waals surface area contributed by atoms with Crippen molar-refractivity contribution in [3.8, 4) is 0 Å². The number of benzene rings is 1. The second-order valence-corrected chi connectivity index (χ2v) is 4.18. The Kier molecular flexibility index (Phi) is 2.70. The monoisotopic (exact) mass is 240 g/mol. The SMILES string of the molecule is CCC1OCCc2c(Br)cccc21. The number of rotatable bonds is 1. The first-order chi connectivity index (χ1) is 6.33. The van der Waals surface area contributed by atoms with Gasteiger partial charge in [-0.05, 0) is 30.0 Å². The lowest BCUT2D eigenvalue weighted by atomic mass is 9.96. The zero-order chi connectivity index (χ0) is 9.26. The van der Waals surface area contributed by atoms with E-state index >= 15 is 0 Å². The van der Waals surface area contributed by atoms with Crippen molar-refractivity contribution in [2.75, 3.05) is 6.61 Å². The van der Waals surface area contributed by atoms with Gasteiger partial charge in [0.05, 0.1) is 12.7 Å². The van der Waals surface area contributed by atoms with Crippen LogP contribution in [0.3, 0.4) is 0 Å². The van der Waals surface area contributed by atoms with E-state index in [4.69, 9.17) is 4.74 Å². The van der Waals surface area contributed by atoms with Crippen LogP contribution < -0.4 is 0 Å². The quantitative estimate of drug-likeness (QED) is 0.731. The molecular weight excluding hydrogens is 228 g/mol. The Morgan fingerprint density at radius 1 is 1.54 bits per heavy atom. The Morgan fingerprint density at radius 3 is 3.15 bits per heavy atom. The first-order valence-electron chi connectivity index (χ1n) is 4.71. The second-order valence-electron chi connectivity index (χ2n) is 3.33. The van der Waals surface area contributed by atoms with Gasteiger partial charge in [-0.3, -0.25) is 0 Å². The molecule has 0 spiro atoms. The molecule has 0 N–H and O–H groups in total. The van der Waals surface area contributed by atoms with Gasteiger partial charge in [-0.2, -0.15) is 0 Å². The van der Waals surface area contributed by atoms with Crippen molar-refractivity contribution in [1.82, 2.24) is 0 Å². The predicted octanol–water partition coefficient (Wildman–Crippen LogP) is 3.47. The summed E-state index contributed by atoms with van der Waals surface area (Å²) in [6.45, 7) is 3.02. The van der Waals surface area contributed by atoms with Crippen LogP contribution in [0.2, 0.25) is 0 Å². The van der Waals surface area contributed by atoms with Crippen LogP contribution in [0.1, 0.15) is 30.6 Å². The summed E-state index contributed by atoms with van der Waals surface area (Å²) in [6.07, 6.45) is 2.40. The molecule has 0 radical (unpaired) electrons. The topological polar surface area (TPSA) is 9.23 Å². The van der Waals surface area contributed by atoms with Gasteiger partial charge in [0.15, 0.2) is 0 Å². The van der Waals surface area contributed by atoms with Crippen LogP contribution in [0.25, 0.3) is 0 Å². The standard InChI is InChI=1S/C11H13BrO/c1-2-11-9-4-3-5-10(12)8(9)6-7-13-11/h3-5,11H,2,6-7H2,1H3. The summed E-state index contributed by atoms with van der Waals surface area (Å²) in [4.78, 5) is 0.